The van der Waals surface area contributed by atoms with Crippen molar-refractivity contribution in [1.82, 2.24) is 25.3 Å². The summed E-state index contributed by atoms with van der Waals surface area (Å²) in [6.07, 6.45) is 6.73. The molecule has 28 heavy (non-hydrogen) atoms. The first-order valence-electron chi connectivity index (χ1n) is 9.49. The second kappa shape index (κ2) is 8.93. The van der Waals surface area contributed by atoms with Gasteiger partial charge >= 0.3 is 0 Å². The number of nitrogens with one attached hydrogen (secondary N) is 2. The monoisotopic (exact) mass is 494 g/mol. The highest BCUT2D eigenvalue weighted by atomic mass is 127. The largest absolute Gasteiger partial charge is 0.355 e. The molecule has 1 unspecified atom stereocenters. The molecule has 3 heterocycles. The molecule has 1 amide bonds. The van der Waals surface area contributed by atoms with E-state index in [1.54, 1.807) is 0 Å². The second-order valence-corrected chi connectivity index (χ2v) is 7.51. The van der Waals surface area contributed by atoms with E-state index in [2.05, 4.69) is 25.6 Å². The Hall–Kier alpha value is -2.10. The number of benzene rings is 1. The Morgan fingerprint density at radius 2 is 2.18 bits per heavy atom. The molecule has 0 aliphatic carbocycles. The van der Waals surface area contributed by atoms with Crippen LogP contribution in [0.3, 0.4) is 0 Å². The molecule has 8 heteroatoms. The lowest BCUT2D eigenvalue weighted by molar-refractivity contribution is -0.119. The molecule has 0 saturated carbocycles. The topological polar surface area (TPSA) is 74.6 Å². The van der Waals surface area contributed by atoms with Crippen molar-refractivity contribution < 1.29 is 4.79 Å². The van der Waals surface area contributed by atoms with Gasteiger partial charge in [-0.15, -0.1) is 24.0 Å². The zero-order valence-corrected chi connectivity index (χ0v) is 18.4. The quantitative estimate of drug-likeness (QED) is 0.390. The molecule has 1 spiro atoms. The van der Waals surface area contributed by atoms with E-state index in [9.17, 15) is 4.79 Å². The first-order valence-corrected chi connectivity index (χ1v) is 9.49. The molecule has 2 aromatic rings. The summed E-state index contributed by atoms with van der Waals surface area (Å²) in [7, 11) is 1.81. The molecule has 1 atom stereocenters. The number of carbonyl (C=O) groups is 1. The third-order valence-corrected chi connectivity index (χ3v) is 5.48. The van der Waals surface area contributed by atoms with Gasteiger partial charge < -0.3 is 15.5 Å². The Morgan fingerprint density at radius 3 is 2.89 bits per heavy atom. The van der Waals surface area contributed by atoms with Crippen LogP contribution in [-0.4, -0.2) is 53.2 Å². The lowest BCUT2D eigenvalue weighted by Gasteiger charge is -2.40. The predicted octanol–water partition coefficient (Wildman–Crippen LogP) is 2.17. The van der Waals surface area contributed by atoms with Crippen LogP contribution in [0.4, 0.5) is 0 Å². The normalized spacial score (nSPS) is 22.1. The summed E-state index contributed by atoms with van der Waals surface area (Å²) in [5, 5.41) is 10.9. The van der Waals surface area contributed by atoms with Crippen LogP contribution in [-0.2, 0) is 11.3 Å². The van der Waals surface area contributed by atoms with E-state index in [0.717, 1.165) is 49.7 Å². The van der Waals surface area contributed by atoms with Crippen molar-refractivity contribution in [3.63, 3.8) is 0 Å². The Morgan fingerprint density at radius 1 is 1.36 bits per heavy atom. The van der Waals surface area contributed by atoms with E-state index in [0.29, 0.717) is 13.0 Å². The van der Waals surface area contributed by atoms with Crippen LogP contribution in [0, 0.1) is 5.41 Å². The summed E-state index contributed by atoms with van der Waals surface area (Å²) < 4.78 is 1.88. The van der Waals surface area contributed by atoms with E-state index in [1.807, 2.05) is 54.5 Å². The van der Waals surface area contributed by atoms with Gasteiger partial charge in [0.25, 0.3) is 0 Å². The van der Waals surface area contributed by atoms with Crippen LogP contribution in [0.5, 0.6) is 0 Å². The Kier molecular flexibility index (Phi) is 6.58. The summed E-state index contributed by atoms with van der Waals surface area (Å²) in [5.74, 6) is 1.06. The maximum absolute atomic E-state index is 11.7. The van der Waals surface area contributed by atoms with E-state index < -0.39 is 0 Å². The van der Waals surface area contributed by atoms with Crippen molar-refractivity contribution in [3.05, 3.63) is 48.3 Å². The minimum atomic E-state index is 0. The number of rotatable bonds is 3. The molecule has 2 fully saturated rings. The highest BCUT2D eigenvalue weighted by molar-refractivity contribution is 14.0. The number of para-hydroxylation sites is 1. The van der Waals surface area contributed by atoms with Gasteiger partial charge in [0.1, 0.15) is 0 Å². The summed E-state index contributed by atoms with van der Waals surface area (Å²) in [6.45, 7) is 3.29. The van der Waals surface area contributed by atoms with Crippen LogP contribution in [0.15, 0.2) is 47.7 Å². The Labute approximate surface area is 182 Å². The predicted molar refractivity (Wildman–Crippen MR) is 120 cm³/mol. The van der Waals surface area contributed by atoms with Gasteiger partial charge in [0, 0.05) is 56.8 Å². The average molecular weight is 494 g/mol. The van der Waals surface area contributed by atoms with Crippen molar-refractivity contribution in [2.75, 3.05) is 26.7 Å². The SMILES string of the molecule is CN=C(NCc1cnn(-c2ccccc2)c1)N1CCCC2(CNC(=O)C2)C1.I. The smallest absolute Gasteiger partial charge is 0.220 e. The molecule has 1 aromatic heterocycles. The maximum atomic E-state index is 11.7. The zero-order chi connectivity index (χ0) is 18.7. The average Bonchev–Trinajstić information content (AvgIpc) is 3.30. The standard InChI is InChI=1S/C20H26N6O.HI/c1-21-19(25-9-5-8-20(15-25)10-18(27)23-14-20)22-11-16-12-24-26(13-16)17-6-3-2-4-7-17;/h2-4,6-7,12-13H,5,8-11,14-15H2,1H3,(H,21,22)(H,23,27);1H. The third-order valence-electron chi connectivity index (χ3n) is 5.48. The molecule has 150 valence electrons. The zero-order valence-electron chi connectivity index (χ0n) is 16.1. The fourth-order valence-corrected chi connectivity index (χ4v) is 4.12. The molecule has 7 nitrogen and oxygen atoms in total. The van der Waals surface area contributed by atoms with Gasteiger partial charge in [-0.1, -0.05) is 18.2 Å². The molecule has 2 aliphatic rings. The van der Waals surface area contributed by atoms with Crippen molar-refractivity contribution in [3.8, 4) is 5.69 Å². The van der Waals surface area contributed by atoms with Crippen LogP contribution < -0.4 is 10.6 Å². The van der Waals surface area contributed by atoms with Gasteiger partial charge in [-0.3, -0.25) is 9.79 Å². The van der Waals surface area contributed by atoms with E-state index in [-0.39, 0.29) is 35.3 Å². The number of likely N-dealkylation sites (tertiary alicyclic amines) is 1. The first-order chi connectivity index (χ1) is 13.2. The van der Waals surface area contributed by atoms with Crippen molar-refractivity contribution in [2.45, 2.75) is 25.8 Å². The third kappa shape index (κ3) is 4.48. The molecule has 4 rings (SSSR count). The maximum Gasteiger partial charge on any atom is 0.220 e. The second-order valence-electron chi connectivity index (χ2n) is 7.51. The number of hydrogen-bond acceptors (Lipinski definition) is 3. The number of amides is 1. The summed E-state index contributed by atoms with van der Waals surface area (Å²) in [6, 6.07) is 10.1. The number of piperidine rings is 1. The fraction of sp³-hybridized carbons (Fsp3) is 0.450. The van der Waals surface area contributed by atoms with Crippen LogP contribution >= 0.6 is 24.0 Å². The van der Waals surface area contributed by atoms with E-state index >= 15 is 0 Å². The number of guanidine groups is 1. The number of aromatic nitrogens is 2. The summed E-state index contributed by atoms with van der Waals surface area (Å²) in [4.78, 5) is 18.5. The molecular weight excluding hydrogens is 467 g/mol. The molecule has 2 aliphatic heterocycles. The number of carbonyl (C=O) groups excluding carboxylic acids is 1. The van der Waals surface area contributed by atoms with Gasteiger partial charge in [0.05, 0.1) is 11.9 Å². The Balaban J connectivity index is 0.00000225. The highest BCUT2D eigenvalue weighted by Crippen LogP contribution is 2.35. The lowest BCUT2D eigenvalue weighted by Crippen LogP contribution is -2.51. The summed E-state index contributed by atoms with van der Waals surface area (Å²) >= 11 is 0. The van der Waals surface area contributed by atoms with Gasteiger partial charge in [-0.2, -0.15) is 5.10 Å². The molecule has 0 bridgehead atoms. The molecule has 2 saturated heterocycles. The van der Waals surface area contributed by atoms with Crippen molar-refractivity contribution in [1.29, 1.82) is 0 Å². The fourth-order valence-electron chi connectivity index (χ4n) is 4.12. The highest BCUT2D eigenvalue weighted by Gasteiger charge is 2.42. The molecule has 1 aromatic carbocycles. The van der Waals surface area contributed by atoms with E-state index in [1.165, 1.54) is 0 Å². The van der Waals surface area contributed by atoms with Gasteiger partial charge in [0.15, 0.2) is 5.96 Å². The van der Waals surface area contributed by atoms with Crippen LogP contribution in [0.25, 0.3) is 5.69 Å². The minimum absolute atomic E-state index is 0. The van der Waals surface area contributed by atoms with Gasteiger partial charge in [0.2, 0.25) is 5.91 Å². The number of hydrogen-bond donors (Lipinski definition) is 2. The Bertz CT molecular complexity index is 836. The lowest BCUT2D eigenvalue weighted by atomic mass is 9.79. The van der Waals surface area contributed by atoms with Gasteiger partial charge in [-0.25, -0.2) is 4.68 Å². The molecular formula is C20H27IN6O. The number of aliphatic imine (C=N–C) groups is 1. The molecule has 0 radical (unpaired) electrons. The number of nitrogens with zero attached hydrogens (tertiary/aromatic N) is 4. The minimum Gasteiger partial charge on any atom is -0.355 e. The van der Waals surface area contributed by atoms with Gasteiger partial charge in [-0.05, 0) is 25.0 Å². The number of halogens is 1. The van der Waals surface area contributed by atoms with Crippen LogP contribution in [0.2, 0.25) is 0 Å². The van der Waals surface area contributed by atoms with Crippen LogP contribution in [0.1, 0.15) is 24.8 Å². The van der Waals surface area contributed by atoms with Crippen molar-refractivity contribution in [2.24, 2.45) is 10.4 Å². The van der Waals surface area contributed by atoms with E-state index in [4.69, 9.17) is 0 Å². The first kappa shape index (κ1) is 20.6. The molecule has 2 N–H and O–H groups in total. The summed E-state index contributed by atoms with van der Waals surface area (Å²) in [5.41, 5.74) is 2.21. The van der Waals surface area contributed by atoms with Crippen molar-refractivity contribution >= 4 is 35.8 Å².